The van der Waals surface area contributed by atoms with Gasteiger partial charge in [-0.15, -0.1) is 0 Å². The second kappa shape index (κ2) is 6.44. The van der Waals surface area contributed by atoms with Crippen LogP contribution in [0.2, 0.25) is 0 Å². The molecular weight excluding hydrogens is 278 g/mol. The Kier molecular flexibility index (Phi) is 4.19. The Balaban J connectivity index is 1.84. The molecule has 112 valence electrons. The third-order valence-electron chi connectivity index (χ3n) is 3.79. The Morgan fingerprint density at radius 3 is 2.91 bits per heavy atom. The summed E-state index contributed by atoms with van der Waals surface area (Å²) in [4.78, 5) is 12.2. The molecule has 2 aromatic rings. The molecule has 0 unspecified atom stereocenters. The molecule has 1 aliphatic rings. The lowest BCUT2D eigenvalue weighted by Gasteiger charge is -2.04. The molecule has 0 N–H and O–H groups in total. The minimum Gasteiger partial charge on any atom is -0.461 e. The average molecular weight is 295 g/mol. The van der Waals surface area contributed by atoms with Gasteiger partial charge in [0.1, 0.15) is 0 Å². The highest BCUT2D eigenvalue weighted by Crippen LogP contribution is 2.28. The van der Waals surface area contributed by atoms with Gasteiger partial charge in [-0.05, 0) is 37.8 Å². The van der Waals surface area contributed by atoms with E-state index in [4.69, 9.17) is 10.00 Å². The van der Waals surface area contributed by atoms with Gasteiger partial charge >= 0.3 is 5.97 Å². The van der Waals surface area contributed by atoms with E-state index in [1.54, 1.807) is 0 Å². The zero-order valence-corrected chi connectivity index (χ0v) is 12.3. The van der Waals surface area contributed by atoms with Crippen LogP contribution in [-0.4, -0.2) is 22.4 Å². The maximum atomic E-state index is 12.2. The maximum Gasteiger partial charge on any atom is 0.359 e. The molecule has 1 aromatic heterocycles. The minimum atomic E-state index is -0.384. The Hall–Kier alpha value is -2.61. The quantitative estimate of drug-likeness (QED) is 0.628. The maximum absolute atomic E-state index is 12.2. The van der Waals surface area contributed by atoms with Crippen molar-refractivity contribution in [3.8, 4) is 11.8 Å². The number of hydrogen-bond donors (Lipinski definition) is 0. The number of unbranched alkanes of at least 4 members (excludes halogenated alkanes) is 1. The van der Waals surface area contributed by atoms with Crippen LogP contribution in [0.25, 0.3) is 5.69 Å². The van der Waals surface area contributed by atoms with E-state index in [0.717, 1.165) is 36.2 Å². The fourth-order valence-corrected chi connectivity index (χ4v) is 2.77. The first kappa shape index (κ1) is 14.3. The second-order valence-electron chi connectivity index (χ2n) is 5.27. The first-order valence-electron chi connectivity index (χ1n) is 7.51. The van der Waals surface area contributed by atoms with E-state index in [-0.39, 0.29) is 12.6 Å². The largest absolute Gasteiger partial charge is 0.461 e. The molecule has 0 amide bonds. The number of hydrogen-bond acceptors (Lipinski definition) is 4. The summed E-state index contributed by atoms with van der Waals surface area (Å²) in [6.45, 7) is 0.263. The molecule has 1 aromatic carbocycles. The van der Waals surface area contributed by atoms with E-state index >= 15 is 0 Å². The first-order chi connectivity index (χ1) is 10.8. The lowest BCUT2D eigenvalue weighted by molar-refractivity contribution is 0.0493. The van der Waals surface area contributed by atoms with Crippen molar-refractivity contribution >= 4 is 5.97 Å². The van der Waals surface area contributed by atoms with Crippen molar-refractivity contribution in [1.82, 2.24) is 9.78 Å². The number of nitriles is 1. The van der Waals surface area contributed by atoms with Gasteiger partial charge in [0.25, 0.3) is 0 Å². The molecule has 0 atom stereocenters. The number of esters is 1. The SMILES string of the molecule is N#CCCCOC(=O)c1nn(-c2ccccc2)c2c1CCC2. The molecule has 22 heavy (non-hydrogen) atoms. The monoisotopic (exact) mass is 295 g/mol. The number of aromatic nitrogens is 2. The van der Waals surface area contributed by atoms with Crippen LogP contribution in [0.1, 0.15) is 41.0 Å². The zero-order chi connectivity index (χ0) is 15.4. The van der Waals surface area contributed by atoms with Gasteiger partial charge in [-0.25, -0.2) is 9.48 Å². The van der Waals surface area contributed by atoms with E-state index in [0.29, 0.717) is 18.5 Å². The number of carbonyl (C=O) groups is 1. The van der Waals surface area contributed by atoms with E-state index in [1.807, 2.05) is 41.1 Å². The van der Waals surface area contributed by atoms with Crippen LogP contribution in [0.4, 0.5) is 0 Å². The Bertz CT molecular complexity index is 713. The van der Waals surface area contributed by atoms with Crippen molar-refractivity contribution < 1.29 is 9.53 Å². The molecule has 1 aliphatic carbocycles. The highest BCUT2D eigenvalue weighted by molar-refractivity contribution is 5.89. The topological polar surface area (TPSA) is 67.9 Å². The second-order valence-corrected chi connectivity index (χ2v) is 5.27. The number of ether oxygens (including phenoxy) is 1. The van der Waals surface area contributed by atoms with Gasteiger partial charge in [0.15, 0.2) is 5.69 Å². The van der Waals surface area contributed by atoms with Gasteiger partial charge in [0.05, 0.1) is 18.4 Å². The average Bonchev–Trinajstić information content (AvgIpc) is 3.14. The van der Waals surface area contributed by atoms with Crippen molar-refractivity contribution in [2.24, 2.45) is 0 Å². The number of fused-ring (bicyclic) bond motifs is 1. The molecule has 0 radical (unpaired) electrons. The van der Waals surface area contributed by atoms with Crippen molar-refractivity contribution in [2.45, 2.75) is 32.1 Å². The van der Waals surface area contributed by atoms with Gasteiger partial charge in [-0.1, -0.05) is 18.2 Å². The van der Waals surface area contributed by atoms with Crippen LogP contribution < -0.4 is 0 Å². The number of carbonyl (C=O) groups excluding carboxylic acids is 1. The van der Waals surface area contributed by atoms with Crippen LogP contribution in [0, 0.1) is 11.3 Å². The lowest BCUT2D eigenvalue weighted by atomic mass is 10.2. The standard InChI is InChI=1S/C17H17N3O2/c18-11-4-5-12-22-17(21)16-14-9-6-10-15(14)20(19-16)13-7-2-1-3-8-13/h1-3,7-8H,4-6,9-10,12H2. The van der Waals surface area contributed by atoms with E-state index in [9.17, 15) is 4.79 Å². The van der Waals surface area contributed by atoms with Gasteiger partial charge in [-0.3, -0.25) is 0 Å². The van der Waals surface area contributed by atoms with Crippen LogP contribution in [0.3, 0.4) is 0 Å². The molecule has 0 bridgehead atoms. The normalized spacial score (nSPS) is 12.7. The van der Waals surface area contributed by atoms with Gasteiger partial charge < -0.3 is 4.74 Å². The molecule has 0 spiro atoms. The molecule has 0 saturated heterocycles. The summed E-state index contributed by atoms with van der Waals surface area (Å²) in [5, 5.41) is 13.0. The zero-order valence-electron chi connectivity index (χ0n) is 12.3. The Labute approximate surface area is 129 Å². The smallest absolute Gasteiger partial charge is 0.359 e. The van der Waals surface area contributed by atoms with Crippen LogP contribution in [0.5, 0.6) is 0 Å². The number of para-hydroxylation sites is 1. The van der Waals surface area contributed by atoms with E-state index < -0.39 is 0 Å². The molecule has 5 nitrogen and oxygen atoms in total. The molecule has 0 fully saturated rings. The van der Waals surface area contributed by atoms with E-state index in [2.05, 4.69) is 5.10 Å². The summed E-state index contributed by atoms with van der Waals surface area (Å²) in [5.41, 5.74) is 3.50. The highest BCUT2D eigenvalue weighted by Gasteiger charge is 2.27. The Morgan fingerprint density at radius 1 is 1.32 bits per heavy atom. The molecular formula is C17H17N3O2. The van der Waals surface area contributed by atoms with Gasteiger partial charge in [0.2, 0.25) is 0 Å². The summed E-state index contributed by atoms with van der Waals surface area (Å²) in [5.74, 6) is -0.384. The van der Waals surface area contributed by atoms with Crippen LogP contribution in [0.15, 0.2) is 30.3 Å². The Morgan fingerprint density at radius 2 is 2.14 bits per heavy atom. The predicted molar refractivity (Wildman–Crippen MR) is 80.7 cm³/mol. The molecule has 5 heteroatoms. The minimum absolute atomic E-state index is 0.263. The fourth-order valence-electron chi connectivity index (χ4n) is 2.77. The summed E-state index contributed by atoms with van der Waals surface area (Å²) in [7, 11) is 0. The van der Waals surface area contributed by atoms with Crippen molar-refractivity contribution in [3.05, 3.63) is 47.3 Å². The van der Waals surface area contributed by atoms with Crippen molar-refractivity contribution in [2.75, 3.05) is 6.61 Å². The summed E-state index contributed by atoms with van der Waals surface area (Å²) in [6.07, 6.45) is 3.78. The summed E-state index contributed by atoms with van der Waals surface area (Å²) >= 11 is 0. The molecule has 0 saturated carbocycles. The number of nitrogens with zero attached hydrogens (tertiary/aromatic N) is 3. The molecule has 0 aliphatic heterocycles. The first-order valence-corrected chi connectivity index (χ1v) is 7.51. The van der Waals surface area contributed by atoms with Crippen LogP contribution in [-0.2, 0) is 17.6 Å². The van der Waals surface area contributed by atoms with E-state index in [1.165, 1.54) is 0 Å². The third-order valence-corrected chi connectivity index (χ3v) is 3.79. The third kappa shape index (κ3) is 2.73. The predicted octanol–water partition coefficient (Wildman–Crippen LogP) is 2.82. The van der Waals surface area contributed by atoms with Crippen LogP contribution >= 0.6 is 0 Å². The number of rotatable bonds is 5. The lowest BCUT2D eigenvalue weighted by Crippen LogP contribution is -2.10. The number of benzene rings is 1. The summed E-state index contributed by atoms with van der Waals surface area (Å²) < 4.78 is 7.09. The van der Waals surface area contributed by atoms with Crippen molar-refractivity contribution in [3.63, 3.8) is 0 Å². The molecule has 3 rings (SSSR count). The van der Waals surface area contributed by atoms with Gasteiger partial charge in [-0.2, -0.15) is 10.4 Å². The highest BCUT2D eigenvalue weighted by atomic mass is 16.5. The summed E-state index contributed by atoms with van der Waals surface area (Å²) in [6, 6.07) is 11.9. The van der Waals surface area contributed by atoms with Crippen molar-refractivity contribution in [1.29, 1.82) is 5.26 Å². The van der Waals surface area contributed by atoms with Gasteiger partial charge in [0, 0.05) is 17.7 Å². The molecule has 1 heterocycles. The fraction of sp³-hybridized carbons (Fsp3) is 0.353.